The largest absolute Gasteiger partial charge is 0.478 e. The highest BCUT2D eigenvalue weighted by atomic mass is 35.5. The van der Waals surface area contributed by atoms with Gasteiger partial charge in [-0.3, -0.25) is 0 Å². The molecule has 3 aromatic carbocycles. The van der Waals surface area contributed by atoms with Gasteiger partial charge >= 0.3 is 5.97 Å². The quantitative estimate of drug-likeness (QED) is 0.366. The number of anilines is 1. The number of rotatable bonds is 6. The van der Waals surface area contributed by atoms with Crippen LogP contribution in [0.25, 0.3) is 10.8 Å². The molecular weight excluding hydrogens is 412 g/mol. The van der Waals surface area contributed by atoms with Crippen LogP contribution in [0.15, 0.2) is 79.0 Å². The second-order valence-electron chi connectivity index (χ2n) is 7.66. The molecule has 31 heavy (non-hydrogen) atoms. The van der Waals surface area contributed by atoms with E-state index < -0.39 is 5.97 Å². The molecule has 0 bridgehead atoms. The van der Waals surface area contributed by atoms with Gasteiger partial charge in [-0.2, -0.15) is 0 Å². The number of carbonyl (C=O) groups is 1. The summed E-state index contributed by atoms with van der Waals surface area (Å²) >= 11 is 6.11. The van der Waals surface area contributed by atoms with Crippen molar-refractivity contribution >= 4 is 34.2 Å². The number of nitrogens with one attached hydrogen (secondary N) is 1. The maximum Gasteiger partial charge on any atom is 0.335 e. The fourth-order valence-electron chi connectivity index (χ4n) is 3.80. The number of benzene rings is 3. The van der Waals surface area contributed by atoms with Crippen LogP contribution >= 0.6 is 11.6 Å². The zero-order valence-corrected chi connectivity index (χ0v) is 17.3. The molecule has 0 radical (unpaired) electrons. The molecule has 1 aliphatic carbocycles. The van der Waals surface area contributed by atoms with Crippen LogP contribution in [-0.4, -0.2) is 16.1 Å². The minimum absolute atomic E-state index is 0.262. The minimum atomic E-state index is -0.928. The van der Waals surface area contributed by atoms with Gasteiger partial charge in [-0.15, -0.1) is 0 Å². The van der Waals surface area contributed by atoms with Gasteiger partial charge in [0.2, 0.25) is 0 Å². The van der Waals surface area contributed by atoms with E-state index in [-0.39, 0.29) is 11.1 Å². The summed E-state index contributed by atoms with van der Waals surface area (Å²) < 4.78 is 6.17. The number of ether oxygens (including phenoxy) is 1. The molecule has 0 spiro atoms. The van der Waals surface area contributed by atoms with E-state index in [9.17, 15) is 4.79 Å². The van der Waals surface area contributed by atoms with Crippen molar-refractivity contribution in [3.63, 3.8) is 0 Å². The molecule has 1 fully saturated rings. The number of carboxylic acid groups (broad SMARTS) is 1. The topological polar surface area (TPSA) is 71.5 Å². The van der Waals surface area contributed by atoms with Crippen LogP contribution in [0, 0.1) is 0 Å². The van der Waals surface area contributed by atoms with Gasteiger partial charge < -0.3 is 15.2 Å². The van der Waals surface area contributed by atoms with E-state index in [1.54, 1.807) is 30.5 Å². The number of fused-ring (bicyclic) bond motifs is 1. The average Bonchev–Trinajstić information content (AvgIpc) is 3.55. The van der Waals surface area contributed by atoms with Crippen molar-refractivity contribution in [1.29, 1.82) is 0 Å². The van der Waals surface area contributed by atoms with Crippen molar-refractivity contribution in [2.75, 3.05) is 5.32 Å². The summed E-state index contributed by atoms with van der Waals surface area (Å²) in [4.78, 5) is 15.8. The maximum atomic E-state index is 11.2. The van der Waals surface area contributed by atoms with Crippen molar-refractivity contribution in [2.24, 2.45) is 0 Å². The summed E-state index contributed by atoms with van der Waals surface area (Å²) in [5, 5.41) is 15.3. The van der Waals surface area contributed by atoms with Gasteiger partial charge in [0.25, 0.3) is 0 Å². The third-order valence-corrected chi connectivity index (χ3v) is 5.80. The van der Waals surface area contributed by atoms with Crippen molar-refractivity contribution in [3.8, 4) is 11.5 Å². The molecule has 5 nitrogen and oxygen atoms in total. The Morgan fingerprint density at radius 2 is 1.81 bits per heavy atom. The van der Waals surface area contributed by atoms with E-state index in [4.69, 9.17) is 21.4 Å². The molecule has 0 unspecified atom stereocenters. The predicted molar refractivity (Wildman–Crippen MR) is 121 cm³/mol. The Bertz CT molecular complexity index is 1280. The van der Waals surface area contributed by atoms with E-state index in [1.165, 1.54) is 0 Å². The van der Waals surface area contributed by atoms with Gasteiger partial charge in [-0.05, 0) is 66.3 Å². The first-order chi connectivity index (χ1) is 15.0. The molecular formula is C25H19ClN2O3. The standard InChI is InChI=1S/C25H19ClN2O3/c26-19-4-2-5-20(15-19)31-21-6-1-3-16-11-14-27-23(22(16)21)28-25(12-13-25)18-9-7-17(8-10-18)24(29)30/h1-11,14-15H,12-13H2,(H,27,28)(H,29,30). The van der Waals surface area contributed by atoms with Gasteiger partial charge in [0, 0.05) is 11.2 Å². The molecule has 0 amide bonds. The summed E-state index contributed by atoms with van der Waals surface area (Å²) in [6.07, 6.45) is 3.65. The van der Waals surface area contributed by atoms with Gasteiger partial charge in [0.15, 0.2) is 0 Å². The Kier molecular flexibility index (Phi) is 4.75. The van der Waals surface area contributed by atoms with Crippen molar-refractivity contribution in [1.82, 2.24) is 4.98 Å². The lowest BCUT2D eigenvalue weighted by Gasteiger charge is -2.21. The Labute approximate surface area is 184 Å². The lowest BCUT2D eigenvalue weighted by atomic mass is 10.0. The smallest absolute Gasteiger partial charge is 0.335 e. The Hall–Kier alpha value is -3.57. The molecule has 0 atom stereocenters. The highest BCUT2D eigenvalue weighted by molar-refractivity contribution is 6.30. The molecule has 1 saturated carbocycles. The second kappa shape index (κ2) is 7.60. The molecule has 0 aliphatic heterocycles. The van der Waals surface area contributed by atoms with E-state index >= 15 is 0 Å². The minimum Gasteiger partial charge on any atom is -0.478 e. The van der Waals surface area contributed by atoms with Crippen LogP contribution in [0.5, 0.6) is 11.5 Å². The number of nitrogens with zero attached hydrogens (tertiary/aromatic N) is 1. The molecule has 154 valence electrons. The molecule has 5 rings (SSSR count). The first-order valence-electron chi connectivity index (χ1n) is 9.97. The fourth-order valence-corrected chi connectivity index (χ4v) is 3.98. The van der Waals surface area contributed by atoms with Gasteiger partial charge in [0.1, 0.15) is 17.3 Å². The normalized spacial score (nSPS) is 14.2. The average molecular weight is 431 g/mol. The third-order valence-electron chi connectivity index (χ3n) is 5.57. The van der Waals surface area contributed by atoms with E-state index in [0.29, 0.717) is 16.5 Å². The molecule has 1 heterocycles. The highest BCUT2D eigenvalue weighted by Crippen LogP contribution is 2.49. The van der Waals surface area contributed by atoms with Crippen LogP contribution < -0.4 is 10.1 Å². The second-order valence-corrected chi connectivity index (χ2v) is 8.10. The van der Waals surface area contributed by atoms with Crippen LogP contribution in [-0.2, 0) is 5.54 Å². The lowest BCUT2D eigenvalue weighted by Crippen LogP contribution is -2.20. The van der Waals surface area contributed by atoms with Gasteiger partial charge in [0.05, 0.1) is 16.5 Å². The molecule has 4 aromatic rings. The number of aromatic carboxylic acids is 1. The molecule has 1 aliphatic rings. The molecule has 2 N–H and O–H groups in total. The predicted octanol–water partition coefficient (Wildman–Crippen LogP) is 6.48. The summed E-state index contributed by atoms with van der Waals surface area (Å²) in [5.74, 6) is 1.14. The number of hydrogen-bond acceptors (Lipinski definition) is 4. The van der Waals surface area contributed by atoms with Crippen LogP contribution in [0.3, 0.4) is 0 Å². The number of hydrogen-bond donors (Lipinski definition) is 2. The third kappa shape index (κ3) is 3.80. The number of carboxylic acids is 1. The Morgan fingerprint density at radius 3 is 2.52 bits per heavy atom. The van der Waals surface area contributed by atoms with Crippen molar-refractivity contribution in [3.05, 3.63) is 95.1 Å². The van der Waals surface area contributed by atoms with E-state index in [2.05, 4.69) is 10.3 Å². The highest BCUT2D eigenvalue weighted by Gasteiger charge is 2.45. The van der Waals surface area contributed by atoms with Crippen LogP contribution in [0.2, 0.25) is 5.02 Å². The first kappa shape index (κ1) is 19.4. The van der Waals surface area contributed by atoms with Crippen LogP contribution in [0.1, 0.15) is 28.8 Å². The van der Waals surface area contributed by atoms with E-state index in [0.717, 1.165) is 35.0 Å². The first-order valence-corrected chi connectivity index (χ1v) is 10.4. The van der Waals surface area contributed by atoms with Crippen molar-refractivity contribution in [2.45, 2.75) is 18.4 Å². The maximum absolute atomic E-state index is 11.2. The Morgan fingerprint density at radius 1 is 1.03 bits per heavy atom. The zero-order chi connectivity index (χ0) is 21.4. The monoisotopic (exact) mass is 430 g/mol. The van der Waals surface area contributed by atoms with Gasteiger partial charge in [-0.1, -0.05) is 41.9 Å². The summed E-state index contributed by atoms with van der Waals surface area (Å²) in [5.41, 5.74) is 1.06. The summed E-state index contributed by atoms with van der Waals surface area (Å²) in [7, 11) is 0. The van der Waals surface area contributed by atoms with Crippen molar-refractivity contribution < 1.29 is 14.6 Å². The van der Waals surface area contributed by atoms with Crippen LogP contribution in [0.4, 0.5) is 5.82 Å². The summed E-state index contributed by atoms with van der Waals surface area (Å²) in [6, 6.07) is 22.2. The fraction of sp³-hybridized carbons (Fsp3) is 0.120. The number of aromatic nitrogens is 1. The van der Waals surface area contributed by atoms with E-state index in [1.807, 2.05) is 48.5 Å². The molecule has 0 saturated heterocycles. The summed E-state index contributed by atoms with van der Waals surface area (Å²) in [6.45, 7) is 0. The molecule has 6 heteroatoms. The molecule has 1 aromatic heterocycles. The SMILES string of the molecule is O=C(O)c1ccc(C2(Nc3nccc4cccc(Oc5cccc(Cl)c5)c34)CC2)cc1. The number of halogens is 1. The number of pyridine rings is 1. The Balaban J connectivity index is 1.52. The van der Waals surface area contributed by atoms with Gasteiger partial charge in [-0.25, -0.2) is 9.78 Å². The lowest BCUT2D eigenvalue weighted by molar-refractivity contribution is 0.0697. The zero-order valence-electron chi connectivity index (χ0n) is 16.5.